The molecule has 0 saturated heterocycles. The SMILES string of the molecule is CC1CCC(CN)(CC2=NC(C=O)ON2)C1. The summed E-state index contributed by atoms with van der Waals surface area (Å²) in [6.45, 7) is 2.93. The highest BCUT2D eigenvalue weighted by molar-refractivity contribution is 5.85. The third kappa shape index (κ3) is 2.25. The number of hydroxylamine groups is 1. The summed E-state index contributed by atoms with van der Waals surface area (Å²) in [5.41, 5.74) is 8.75. The summed E-state index contributed by atoms with van der Waals surface area (Å²) in [4.78, 5) is 19.6. The average molecular weight is 225 g/mol. The quantitative estimate of drug-likeness (QED) is 0.687. The monoisotopic (exact) mass is 225 g/mol. The zero-order valence-corrected chi connectivity index (χ0v) is 9.61. The molecule has 0 spiro atoms. The molecule has 3 atom stereocenters. The second-order valence-electron chi connectivity index (χ2n) is 5.05. The number of amidine groups is 1. The molecule has 0 radical (unpaired) electrons. The highest BCUT2D eigenvalue weighted by atomic mass is 16.7. The number of nitrogens with one attached hydrogen (secondary N) is 1. The number of hydrogen-bond donors (Lipinski definition) is 2. The molecular weight excluding hydrogens is 206 g/mol. The van der Waals surface area contributed by atoms with Crippen LogP contribution < -0.4 is 11.2 Å². The molecule has 0 amide bonds. The van der Waals surface area contributed by atoms with Crippen molar-refractivity contribution in [3.8, 4) is 0 Å². The van der Waals surface area contributed by atoms with Gasteiger partial charge in [0.2, 0.25) is 6.23 Å². The minimum absolute atomic E-state index is 0.145. The van der Waals surface area contributed by atoms with Gasteiger partial charge in [0.1, 0.15) is 5.84 Å². The van der Waals surface area contributed by atoms with Crippen molar-refractivity contribution >= 4 is 12.1 Å². The molecule has 5 nitrogen and oxygen atoms in total. The van der Waals surface area contributed by atoms with Crippen molar-refractivity contribution in [2.24, 2.45) is 22.1 Å². The Kier molecular flexibility index (Phi) is 3.25. The molecule has 0 bridgehead atoms. The summed E-state index contributed by atoms with van der Waals surface area (Å²) in [7, 11) is 0. The summed E-state index contributed by atoms with van der Waals surface area (Å²) in [5.74, 6) is 1.49. The van der Waals surface area contributed by atoms with Crippen LogP contribution in [0.25, 0.3) is 0 Å². The lowest BCUT2D eigenvalue weighted by molar-refractivity contribution is -0.118. The molecule has 16 heavy (non-hydrogen) atoms. The van der Waals surface area contributed by atoms with Crippen LogP contribution in [0.2, 0.25) is 0 Å². The van der Waals surface area contributed by atoms with Gasteiger partial charge in [-0.2, -0.15) is 0 Å². The van der Waals surface area contributed by atoms with Gasteiger partial charge in [0.15, 0.2) is 6.29 Å². The maximum absolute atomic E-state index is 10.5. The summed E-state index contributed by atoms with van der Waals surface area (Å²) >= 11 is 0. The van der Waals surface area contributed by atoms with E-state index in [1.54, 1.807) is 0 Å². The van der Waals surface area contributed by atoms with E-state index in [1.165, 1.54) is 6.42 Å². The van der Waals surface area contributed by atoms with Crippen LogP contribution in [-0.4, -0.2) is 24.9 Å². The van der Waals surface area contributed by atoms with Crippen molar-refractivity contribution < 1.29 is 9.63 Å². The number of nitrogens with two attached hydrogens (primary N) is 1. The van der Waals surface area contributed by atoms with Gasteiger partial charge in [-0.05, 0) is 30.7 Å². The molecule has 5 heteroatoms. The summed E-state index contributed by atoms with van der Waals surface area (Å²) in [6, 6.07) is 0. The van der Waals surface area contributed by atoms with Gasteiger partial charge >= 0.3 is 0 Å². The Labute approximate surface area is 95.4 Å². The van der Waals surface area contributed by atoms with Crippen LogP contribution in [0, 0.1) is 11.3 Å². The fraction of sp³-hybridized carbons (Fsp3) is 0.818. The Balaban J connectivity index is 2.00. The lowest BCUT2D eigenvalue weighted by Gasteiger charge is -2.27. The van der Waals surface area contributed by atoms with Gasteiger partial charge in [-0.25, -0.2) is 9.83 Å². The first-order valence-electron chi connectivity index (χ1n) is 5.81. The van der Waals surface area contributed by atoms with E-state index in [9.17, 15) is 4.79 Å². The number of aldehydes is 1. The maximum Gasteiger partial charge on any atom is 0.231 e. The van der Waals surface area contributed by atoms with Gasteiger partial charge in [0.05, 0.1) is 0 Å². The lowest BCUT2D eigenvalue weighted by Crippen LogP contribution is -2.33. The number of carbonyl (C=O) groups excluding carboxylic acids is 1. The summed E-state index contributed by atoms with van der Waals surface area (Å²) in [5, 5.41) is 0. The van der Waals surface area contributed by atoms with E-state index in [4.69, 9.17) is 10.6 Å². The van der Waals surface area contributed by atoms with E-state index >= 15 is 0 Å². The van der Waals surface area contributed by atoms with E-state index in [0.717, 1.165) is 31.0 Å². The minimum Gasteiger partial charge on any atom is -0.330 e. The van der Waals surface area contributed by atoms with Crippen molar-refractivity contribution in [2.45, 2.75) is 38.8 Å². The zero-order chi connectivity index (χ0) is 11.6. The van der Waals surface area contributed by atoms with E-state index in [-0.39, 0.29) is 5.41 Å². The molecule has 1 heterocycles. The fourth-order valence-electron chi connectivity index (χ4n) is 2.74. The smallest absolute Gasteiger partial charge is 0.231 e. The summed E-state index contributed by atoms with van der Waals surface area (Å²) in [6.07, 6.45) is 4.30. The first-order chi connectivity index (χ1) is 7.67. The molecule has 0 aromatic carbocycles. The number of nitrogens with zero attached hydrogens (tertiary/aromatic N) is 1. The van der Waals surface area contributed by atoms with E-state index < -0.39 is 6.23 Å². The van der Waals surface area contributed by atoms with Gasteiger partial charge in [-0.1, -0.05) is 13.3 Å². The molecule has 1 fully saturated rings. The molecule has 1 aliphatic carbocycles. The average Bonchev–Trinajstić information content (AvgIpc) is 2.87. The molecule has 0 aromatic heterocycles. The molecule has 3 unspecified atom stereocenters. The van der Waals surface area contributed by atoms with Crippen molar-refractivity contribution in [3.05, 3.63) is 0 Å². The van der Waals surface area contributed by atoms with Gasteiger partial charge in [-0.3, -0.25) is 10.3 Å². The van der Waals surface area contributed by atoms with Gasteiger partial charge in [0.25, 0.3) is 0 Å². The van der Waals surface area contributed by atoms with Crippen molar-refractivity contribution in [3.63, 3.8) is 0 Å². The van der Waals surface area contributed by atoms with Crippen LogP contribution >= 0.6 is 0 Å². The van der Waals surface area contributed by atoms with Crippen LogP contribution in [0.4, 0.5) is 0 Å². The molecular formula is C11H19N3O2. The predicted octanol–water partition coefficient (Wildman–Crippen LogP) is 0.600. The topological polar surface area (TPSA) is 76.7 Å². The molecule has 90 valence electrons. The predicted molar refractivity (Wildman–Crippen MR) is 60.6 cm³/mol. The number of hydrogen-bond acceptors (Lipinski definition) is 5. The van der Waals surface area contributed by atoms with E-state index in [1.807, 2.05) is 0 Å². The minimum atomic E-state index is -0.677. The maximum atomic E-state index is 10.5. The third-order valence-corrected chi connectivity index (χ3v) is 3.62. The Morgan fingerprint density at radius 1 is 1.75 bits per heavy atom. The lowest BCUT2D eigenvalue weighted by atomic mass is 9.81. The van der Waals surface area contributed by atoms with E-state index in [2.05, 4.69) is 17.4 Å². The highest BCUT2D eigenvalue weighted by Crippen LogP contribution is 2.43. The summed E-state index contributed by atoms with van der Waals surface area (Å²) < 4.78 is 0. The Morgan fingerprint density at radius 3 is 3.06 bits per heavy atom. The standard InChI is InChI=1S/C11H19N3O2/c1-8-2-3-11(4-8,7-12)5-9-13-10(6-15)16-14-9/h6,8,10H,2-5,7,12H2,1H3,(H,13,14). The van der Waals surface area contributed by atoms with Crippen LogP contribution in [0.1, 0.15) is 32.6 Å². The first kappa shape index (κ1) is 11.5. The first-order valence-corrected chi connectivity index (χ1v) is 5.81. The Morgan fingerprint density at radius 2 is 2.56 bits per heavy atom. The second-order valence-corrected chi connectivity index (χ2v) is 5.05. The van der Waals surface area contributed by atoms with Crippen molar-refractivity contribution in [2.75, 3.05) is 6.54 Å². The largest absolute Gasteiger partial charge is 0.330 e. The zero-order valence-electron chi connectivity index (χ0n) is 9.61. The number of carbonyl (C=O) groups is 1. The van der Waals surface area contributed by atoms with Crippen LogP contribution in [0.5, 0.6) is 0 Å². The molecule has 2 aliphatic rings. The highest BCUT2D eigenvalue weighted by Gasteiger charge is 2.38. The van der Waals surface area contributed by atoms with Gasteiger partial charge < -0.3 is 5.73 Å². The molecule has 1 aliphatic heterocycles. The third-order valence-electron chi connectivity index (χ3n) is 3.62. The number of aliphatic imine (C=N–C) groups is 1. The van der Waals surface area contributed by atoms with Gasteiger partial charge in [-0.15, -0.1) is 0 Å². The Hall–Kier alpha value is -0.940. The number of rotatable bonds is 4. The second kappa shape index (κ2) is 4.51. The van der Waals surface area contributed by atoms with Crippen molar-refractivity contribution in [1.82, 2.24) is 5.48 Å². The van der Waals surface area contributed by atoms with Crippen molar-refractivity contribution in [1.29, 1.82) is 0 Å². The van der Waals surface area contributed by atoms with Crippen LogP contribution in [-0.2, 0) is 9.63 Å². The molecule has 0 aromatic rings. The van der Waals surface area contributed by atoms with Gasteiger partial charge in [0, 0.05) is 6.42 Å². The Bertz CT molecular complexity index is 306. The molecule has 3 N–H and O–H groups in total. The van der Waals surface area contributed by atoms with Crippen LogP contribution in [0.15, 0.2) is 4.99 Å². The molecule has 1 saturated carbocycles. The fourth-order valence-corrected chi connectivity index (χ4v) is 2.74. The normalized spacial score (nSPS) is 38.2. The molecule has 2 rings (SSSR count). The van der Waals surface area contributed by atoms with E-state index in [0.29, 0.717) is 12.8 Å². The van der Waals surface area contributed by atoms with Crippen LogP contribution in [0.3, 0.4) is 0 Å².